The van der Waals surface area contributed by atoms with Gasteiger partial charge in [0.15, 0.2) is 0 Å². The second-order valence-corrected chi connectivity index (χ2v) is 7.36. The first-order valence-electron chi connectivity index (χ1n) is 9.88. The highest BCUT2D eigenvalue weighted by Crippen LogP contribution is 2.32. The van der Waals surface area contributed by atoms with Gasteiger partial charge in [-0.3, -0.25) is 19.2 Å². The minimum atomic E-state index is -0.734. The minimum absolute atomic E-state index is 0.0104. The molecule has 1 saturated carbocycles. The molecule has 1 aliphatic heterocycles. The number of benzene rings is 1. The molecule has 0 spiro atoms. The third-order valence-corrected chi connectivity index (χ3v) is 5.29. The third-order valence-electron chi connectivity index (χ3n) is 5.29. The van der Waals surface area contributed by atoms with Crippen molar-refractivity contribution in [1.82, 2.24) is 4.90 Å². The lowest BCUT2D eigenvalue weighted by Gasteiger charge is -2.33. The summed E-state index contributed by atoms with van der Waals surface area (Å²) in [5, 5.41) is 0. The molecular weight excluding hydrogens is 360 g/mol. The zero-order chi connectivity index (χ0) is 20.3. The summed E-state index contributed by atoms with van der Waals surface area (Å²) in [4.78, 5) is 52.4. The summed E-state index contributed by atoms with van der Waals surface area (Å²) in [7, 11) is 0. The van der Waals surface area contributed by atoms with Crippen LogP contribution >= 0.6 is 0 Å². The molecule has 7 nitrogen and oxygen atoms in total. The SMILES string of the molecule is CCCC(=O)N(C1CCCC1)C1CC(=O)N(c2ccc(OC(C)=O)cc2)C1=O. The van der Waals surface area contributed by atoms with Crippen molar-refractivity contribution in [3.63, 3.8) is 0 Å². The van der Waals surface area contributed by atoms with Gasteiger partial charge in [-0.1, -0.05) is 19.8 Å². The number of amides is 3. The molecule has 1 aromatic carbocycles. The molecule has 1 atom stereocenters. The Morgan fingerprint density at radius 2 is 1.79 bits per heavy atom. The van der Waals surface area contributed by atoms with Crippen LogP contribution in [0, 0.1) is 0 Å². The van der Waals surface area contributed by atoms with E-state index in [4.69, 9.17) is 4.74 Å². The number of ether oxygens (including phenoxy) is 1. The fourth-order valence-electron chi connectivity index (χ4n) is 4.09. The second-order valence-electron chi connectivity index (χ2n) is 7.36. The van der Waals surface area contributed by atoms with Gasteiger partial charge in [-0.25, -0.2) is 4.90 Å². The van der Waals surface area contributed by atoms with Crippen LogP contribution in [0.15, 0.2) is 24.3 Å². The normalized spacial score (nSPS) is 19.9. The van der Waals surface area contributed by atoms with E-state index in [0.29, 0.717) is 24.3 Å². The van der Waals surface area contributed by atoms with Crippen molar-refractivity contribution in [3.05, 3.63) is 24.3 Å². The predicted octanol–water partition coefficient (Wildman–Crippen LogP) is 2.82. The Kier molecular flexibility index (Phi) is 6.11. The van der Waals surface area contributed by atoms with Gasteiger partial charge in [-0.05, 0) is 43.5 Å². The number of imide groups is 1. The Morgan fingerprint density at radius 1 is 1.14 bits per heavy atom. The van der Waals surface area contributed by atoms with E-state index in [9.17, 15) is 19.2 Å². The molecule has 2 fully saturated rings. The van der Waals surface area contributed by atoms with Crippen molar-refractivity contribution in [2.24, 2.45) is 0 Å². The van der Waals surface area contributed by atoms with Crippen molar-refractivity contribution in [1.29, 1.82) is 0 Å². The van der Waals surface area contributed by atoms with E-state index in [2.05, 4.69) is 0 Å². The highest BCUT2D eigenvalue weighted by atomic mass is 16.5. The molecule has 1 aliphatic carbocycles. The van der Waals surface area contributed by atoms with E-state index in [1.165, 1.54) is 6.92 Å². The standard InChI is InChI=1S/C21H26N2O5/c1-3-6-19(25)22(15-7-4-5-8-15)18-13-20(26)23(21(18)27)16-9-11-17(12-10-16)28-14(2)24/h9-12,15,18H,3-8,13H2,1-2H3. The zero-order valence-corrected chi connectivity index (χ0v) is 16.3. The van der Waals surface area contributed by atoms with Crippen LogP contribution in [0.3, 0.4) is 0 Å². The van der Waals surface area contributed by atoms with Crippen LogP contribution in [0.1, 0.15) is 58.8 Å². The Labute approximate surface area is 164 Å². The first kappa shape index (κ1) is 20.0. The number of esters is 1. The summed E-state index contributed by atoms with van der Waals surface area (Å²) < 4.78 is 4.99. The van der Waals surface area contributed by atoms with Crippen LogP contribution in [-0.4, -0.2) is 40.7 Å². The van der Waals surface area contributed by atoms with E-state index in [1.54, 1.807) is 29.2 Å². The molecule has 0 bridgehead atoms. The van der Waals surface area contributed by atoms with Crippen LogP contribution < -0.4 is 9.64 Å². The van der Waals surface area contributed by atoms with E-state index in [0.717, 1.165) is 30.6 Å². The van der Waals surface area contributed by atoms with Crippen LogP contribution in [0.25, 0.3) is 0 Å². The van der Waals surface area contributed by atoms with Crippen LogP contribution in [0.5, 0.6) is 5.75 Å². The monoisotopic (exact) mass is 386 g/mol. The topological polar surface area (TPSA) is 84.0 Å². The molecule has 3 amide bonds. The van der Waals surface area contributed by atoms with Gasteiger partial charge in [-0.15, -0.1) is 0 Å². The molecule has 2 aliphatic rings. The summed E-state index contributed by atoms with van der Waals surface area (Å²) >= 11 is 0. The van der Waals surface area contributed by atoms with E-state index in [1.807, 2.05) is 6.92 Å². The first-order chi connectivity index (χ1) is 13.4. The molecule has 1 unspecified atom stereocenters. The number of carbonyl (C=O) groups is 4. The van der Waals surface area contributed by atoms with E-state index in [-0.39, 0.29) is 30.2 Å². The van der Waals surface area contributed by atoms with Crippen molar-refractivity contribution in [2.45, 2.75) is 70.9 Å². The molecule has 0 radical (unpaired) electrons. The number of hydrogen-bond donors (Lipinski definition) is 0. The van der Waals surface area contributed by atoms with Crippen LogP contribution in [-0.2, 0) is 19.2 Å². The zero-order valence-electron chi connectivity index (χ0n) is 16.3. The molecule has 1 saturated heterocycles. The van der Waals surface area contributed by atoms with Crippen molar-refractivity contribution < 1.29 is 23.9 Å². The molecule has 0 N–H and O–H groups in total. The largest absolute Gasteiger partial charge is 0.427 e. The van der Waals surface area contributed by atoms with Crippen LogP contribution in [0.2, 0.25) is 0 Å². The van der Waals surface area contributed by atoms with Gasteiger partial charge in [0.2, 0.25) is 11.8 Å². The van der Waals surface area contributed by atoms with Gasteiger partial charge in [0, 0.05) is 19.4 Å². The molecular formula is C21H26N2O5. The maximum Gasteiger partial charge on any atom is 0.308 e. The molecule has 150 valence electrons. The number of carbonyl (C=O) groups excluding carboxylic acids is 4. The summed E-state index contributed by atoms with van der Waals surface area (Å²) in [6.07, 6.45) is 4.93. The molecule has 0 aromatic heterocycles. The minimum Gasteiger partial charge on any atom is -0.427 e. The first-order valence-corrected chi connectivity index (χ1v) is 9.88. The Balaban J connectivity index is 1.82. The van der Waals surface area contributed by atoms with Gasteiger partial charge in [0.1, 0.15) is 11.8 Å². The highest BCUT2D eigenvalue weighted by Gasteiger charge is 2.46. The maximum absolute atomic E-state index is 13.1. The molecule has 3 rings (SSSR count). The average Bonchev–Trinajstić information content (AvgIpc) is 3.25. The summed E-state index contributed by atoms with van der Waals surface area (Å²) in [5.74, 6) is -0.822. The molecule has 7 heteroatoms. The number of hydrogen-bond acceptors (Lipinski definition) is 5. The molecule has 28 heavy (non-hydrogen) atoms. The molecule has 1 aromatic rings. The van der Waals surface area contributed by atoms with Gasteiger partial charge in [0.05, 0.1) is 12.1 Å². The Hall–Kier alpha value is -2.70. The van der Waals surface area contributed by atoms with Crippen molar-refractivity contribution in [2.75, 3.05) is 4.90 Å². The third kappa shape index (κ3) is 4.08. The lowest BCUT2D eigenvalue weighted by molar-refractivity contribution is -0.141. The predicted molar refractivity (Wildman–Crippen MR) is 103 cm³/mol. The lowest BCUT2D eigenvalue weighted by atomic mass is 10.1. The average molecular weight is 386 g/mol. The highest BCUT2D eigenvalue weighted by molar-refractivity contribution is 6.23. The number of nitrogens with zero attached hydrogens (tertiary/aromatic N) is 2. The lowest BCUT2D eigenvalue weighted by Crippen LogP contribution is -2.50. The van der Waals surface area contributed by atoms with Crippen molar-refractivity contribution >= 4 is 29.4 Å². The quantitative estimate of drug-likeness (QED) is 0.426. The van der Waals surface area contributed by atoms with Crippen LogP contribution in [0.4, 0.5) is 5.69 Å². The van der Waals surface area contributed by atoms with Crippen molar-refractivity contribution in [3.8, 4) is 5.75 Å². The maximum atomic E-state index is 13.1. The number of anilines is 1. The fraction of sp³-hybridized carbons (Fsp3) is 0.524. The van der Waals surface area contributed by atoms with Gasteiger partial charge in [0.25, 0.3) is 5.91 Å². The van der Waals surface area contributed by atoms with Gasteiger partial charge >= 0.3 is 5.97 Å². The van der Waals surface area contributed by atoms with E-state index >= 15 is 0 Å². The molecule has 1 heterocycles. The van der Waals surface area contributed by atoms with Gasteiger partial charge < -0.3 is 9.64 Å². The number of rotatable bonds is 6. The van der Waals surface area contributed by atoms with Gasteiger partial charge in [-0.2, -0.15) is 0 Å². The van der Waals surface area contributed by atoms with E-state index < -0.39 is 12.0 Å². The Morgan fingerprint density at radius 3 is 2.36 bits per heavy atom. The smallest absolute Gasteiger partial charge is 0.308 e. The fourth-order valence-corrected chi connectivity index (χ4v) is 4.09. The summed E-state index contributed by atoms with van der Waals surface area (Å²) in [6.45, 7) is 3.24. The Bertz CT molecular complexity index is 768. The summed E-state index contributed by atoms with van der Waals surface area (Å²) in [5.41, 5.74) is 0.419. The summed E-state index contributed by atoms with van der Waals surface area (Å²) in [6, 6.07) is 5.53. The second kappa shape index (κ2) is 8.54.